The third kappa shape index (κ3) is 11.5. The smallest absolute Gasteiger partial charge is 0.444 e. The summed E-state index contributed by atoms with van der Waals surface area (Å²) in [5.74, 6) is -1.04. The average molecular weight is 687 g/mol. The van der Waals surface area contributed by atoms with E-state index in [1.54, 1.807) is 37.8 Å². The standard InChI is InChI=1S/C34H45F3N8O4/c1-33(2,3)49-32(48)41-17-16-39-29(46)6-4-5-23-12-18-44(19-13-23)27-21-28(43-31(42-27)34(35,36)37)45-20-14-26(45)30(47)40-15-11-24-7-9-25(22-38)10-8-24/h7-10,21,23,26H,4-6,11-20H2,1-3H3,(H,39,46)(H,40,47)(H,41,48)/t26-/m0/s1. The molecule has 2 aliphatic rings. The van der Waals surface area contributed by atoms with E-state index < -0.39 is 29.7 Å². The Kier molecular flexibility index (Phi) is 12.7. The lowest BCUT2D eigenvalue weighted by molar-refractivity contribution is -0.144. The SMILES string of the molecule is CC(C)(C)OC(=O)NCCNC(=O)CCCC1CCN(c2cc(N3CC[C@H]3C(=O)NCCc3ccc(C#N)cc3)nc(C(F)(F)F)n2)CC1. The van der Waals surface area contributed by atoms with E-state index in [9.17, 15) is 27.6 Å². The van der Waals surface area contributed by atoms with Crippen molar-refractivity contribution >= 4 is 29.5 Å². The van der Waals surface area contributed by atoms with Crippen LogP contribution in [0.4, 0.5) is 29.6 Å². The molecule has 0 bridgehead atoms. The summed E-state index contributed by atoms with van der Waals surface area (Å²) in [4.78, 5) is 47.9. The topological polar surface area (TPSA) is 153 Å². The molecule has 3 N–H and O–H groups in total. The van der Waals surface area contributed by atoms with Gasteiger partial charge in [-0.05, 0) is 82.9 Å². The molecule has 2 aliphatic heterocycles. The van der Waals surface area contributed by atoms with Crippen molar-refractivity contribution in [2.75, 3.05) is 49.1 Å². The fraction of sp³-hybridized carbons (Fsp3) is 0.588. The van der Waals surface area contributed by atoms with Crippen LogP contribution in [0.3, 0.4) is 0 Å². The van der Waals surface area contributed by atoms with Crippen LogP contribution in [-0.4, -0.2) is 78.8 Å². The highest BCUT2D eigenvalue weighted by Crippen LogP contribution is 2.34. The Morgan fingerprint density at radius 3 is 2.22 bits per heavy atom. The Hall–Kier alpha value is -4.61. The molecule has 3 heterocycles. The van der Waals surface area contributed by atoms with E-state index in [2.05, 4.69) is 32.0 Å². The first-order valence-electron chi connectivity index (χ1n) is 16.7. The number of nitrogens with zero attached hydrogens (tertiary/aromatic N) is 5. The number of benzene rings is 1. The molecular weight excluding hydrogens is 641 g/mol. The van der Waals surface area contributed by atoms with Crippen LogP contribution in [0, 0.1) is 17.2 Å². The van der Waals surface area contributed by atoms with Gasteiger partial charge < -0.3 is 30.5 Å². The minimum Gasteiger partial charge on any atom is -0.444 e. The van der Waals surface area contributed by atoms with Crippen LogP contribution in [0.2, 0.25) is 0 Å². The van der Waals surface area contributed by atoms with Crippen molar-refractivity contribution in [1.82, 2.24) is 25.9 Å². The highest BCUT2D eigenvalue weighted by atomic mass is 19.4. The number of alkyl carbamates (subject to hydrolysis) is 1. The molecule has 3 amide bonds. The number of hydrogen-bond donors (Lipinski definition) is 3. The molecule has 49 heavy (non-hydrogen) atoms. The molecule has 0 unspecified atom stereocenters. The summed E-state index contributed by atoms with van der Waals surface area (Å²) < 4.78 is 46.8. The van der Waals surface area contributed by atoms with Gasteiger partial charge >= 0.3 is 12.3 Å². The molecular formula is C34H45F3N8O4. The molecule has 0 saturated carbocycles. The number of carbonyl (C=O) groups is 3. The predicted molar refractivity (Wildman–Crippen MR) is 177 cm³/mol. The average Bonchev–Trinajstić information content (AvgIpc) is 3.02. The van der Waals surface area contributed by atoms with E-state index in [0.717, 1.165) is 24.8 Å². The second kappa shape index (κ2) is 16.7. The number of nitrogens with one attached hydrogen (secondary N) is 3. The molecule has 1 aromatic carbocycles. The Balaban J connectivity index is 1.23. The summed E-state index contributed by atoms with van der Waals surface area (Å²) in [5, 5.41) is 17.2. The largest absolute Gasteiger partial charge is 0.451 e. The molecule has 2 aromatic rings. The van der Waals surface area contributed by atoms with Crippen LogP contribution in [0.15, 0.2) is 30.3 Å². The van der Waals surface area contributed by atoms with Gasteiger partial charge in [0.25, 0.3) is 0 Å². The highest BCUT2D eigenvalue weighted by molar-refractivity contribution is 5.86. The number of piperidine rings is 1. The molecule has 266 valence electrons. The first-order valence-corrected chi connectivity index (χ1v) is 16.7. The fourth-order valence-corrected chi connectivity index (χ4v) is 5.76. The monoisotopic (exact) mass is 686 g/mol. The lowest BCUT2D eigenvalue weighted by Gasteiger charge is -2.41. The van der Waals surface area contributed by atoms with Gasteiger partial charge in [-0.2, -0.15) is 18.4 Å². The number of halogens is 3. The molecule has 4 rings (SSSR count). The minimum atomic E-state index is -4.75. The predicted octanol–water partition coefficient (Wildman–Crippen LogP) is 4.33. The molecule has 12 nitrogen and oxygen atoms in total. The van der Waals surface area contributed by atoms with Crippen molar-refractivity contribution < 1.29 is 32.3 Å². The van der Waals surface area contributed by atoms with Crippen LogP contribution in [0.25, 0.3) is 0 Å². The van der Waals surface area contributed by atoms with Gasteiger partial charge in [0.2, 0.25) is 17.6 Å². The lowest BCUT2D eigenvalue weighted by atomic mass is 9.91. The Morgan fingerprint density at radius 1 is 0.939 bits per heavy atom. The van der Waals surface area contributed by atoms with Crippen LogP contribution >= 0.6 is 0 Å². The molecule has 2 fully saturated rings. The number of aromatic nitrogens is 2. The number of hydrogen-bond acceptors (Lipinski definition) is 9. The summed E-state index contributed by atoms with van der Waals surface area (Å²) >= 11 is 0. The summed E-state index contributed by atoms with van der Waals surface area (Å²) in [7, 11) is 0. The number of rotatable bonds is 13. The third-order valence-corrected chi connectivity index (χ3v) is 8.44. The van der Waals surface area contributed by atoms with Gasteiger partial charge in [-0.1, -0.05) is 12.1 Å². The van der Waals surface area contributed by atoms with Gasteiger partial charge in [0.1, 0.15) is 23.3 Å². The third-order valence-electron chi connectivity index (χ3n) is 8.44. The summed E-state index contributed by atoms with van der Waals surface area (Å²) in [6.45, 7) is 7.63. The summed E-state index contributed by atoms with van der Waals surface area (Å²) in [6.07, 6.45) is -0.911. The highest BCUT2D eigenvalue weighted by Gasteiger charge is 2.40. The van der Waals surface area contributed by atoms with Crippen molar-refractivity contribution in [2.45, 2.75) is 83.5 Å². The number of nitriles is 1. The molecule has 0 spiro atoms. The molecule has 0 aliphatic carbocycles. The second-order valence-corrected chi connectivity index (χ2v) is 13.4. The van der Waals surface area contributed by atoms with E-state index in [1.807, 2.05) is 17.0 Å². The molecule has 2 saturated heterocycles. The number of alkyl halides is 3. The fourth-order valence-electron chi connectivity index (χ4n) is 5.76. The maximum atomic E-state index is 13.9. The normalized spacial score (nSPS) is 16.7. The van der Waals surface area contributed by atoms with Gasteiger partial charge in [0.15, 0.2) is 0 Å². The van der Waals surface area contributed by atoms with Crippen LogP contribution in [-0.2, 0) is 26.9 Å². The zero-order chi connectivity index (χ0) is 35.6. The van der Waals surface area contributed by atoms with Crippen LogP contribution in [0.5, 0.6) is 0 Å². The van der Waals surface area contributed by atoms with Gasteiger partial charge in [0, 0.05) is 51.8 Å². The summed E-state index contributed by atoms with van der Waals surface area (Å²) in [6, 6.07) is 10.0. The first kappa shape index (κ1) is 37.2. The van der Waals surface area contributed by atoms with Crippen molar-refractivity contribution in [3.05, 3.63) is 47.3 Å². The van der Waals surface area contributed by atoms with Crippen LogP contribution in [0.1, 0.15) is 76.2 Å². The zero-order valence-electron chi connectivity index (χ0n) is 28.2. The maximum Gasteiger partial charge on any atom is 0.451 e. The first-order chi connectivity index (χ1) is 23.2. The molecule has 15 heteroatoms. The molecule has 0 radical (unpaired) electrons. The van der Waals surface area contributed by atoms with Crippen LogP contribution < -0.4 is 25.8 Å². The number of ether oxygens (including phenoxy) is 1. The van der Waals surface area contributed by atoms with Crippen molar-refractivity contribution in [2.24, 2.45) is 5.92 Å². The Morgan fingerprint density at radius 2 is 1.61 bits per heavy atom. The summed E-state index contributed by atoms with van der Waals surface area (Å²) in [5.41, 5.74) is 0.906. The molecule has 1 aromatic heterocycles. The number of anilines is 2. The van der Waals surface area contributed by atoms with Crippen molar-refractivity contribution in [3.63, 3.8) is 0 Å². The van der Waals surface area contributed by atoms with Gasteiger partial charge in [0.05, 0.1) is 11.6 Å². The number of carbonyl (C=O) groups excluding carboxylic acids is 3. The van der Waals surface area contributed by atoms with E-state index in [-0.39, 0.29) is 30.0 Å². The van der Waals surface area contributed by atoms with Crippen molar-refractivity contribution in [3.8, 4) is 6.07 Å². The quantitative estimate of drug-likeness (QED) is 0.262. The van der Waals surface area contributed by atoms with E-state index >= 15 is 0 Å². The Bertz CT molecular complexity index is 1480. The van der Waals surface area contributed by atoms with Gasteiger partial charge in [-0.3, -0.25) is 9.59 Å². The van der Waals surface area contributed by atoms with E-state index in [0.29, 0.717) is 69.9 Å². The maximum absolute atomic E-state index is 13.9. The van der Waals surface area contributed by atoms with Gasteiger partial charge in [-0.25, -0.2) is 14.8 Å². The molecule has 1 atom stereocenters. The van der Waals surface area contributed by atoms with E-state index in [4.69, 9.17) is 10.00 Å². The van der Waals surface area contributed by atoms with Crippen molar-refractivity contribution in [1.29, 1.82) is 5.26 Å². The van der Waals surface area contributed by atoms with E-state index in [1.165, 1.54) is 6.07 Å². The van der Waals surface area contributed by atoms with Gasteiger partial charge in [-0.15, -0.1) is 0 Å². The lowest BCUT2D eigenvalue weighted by Crippen LogP contribution is -2.57. The zero-order valence-corrected chi connectivity index (χ0v) is 28.2. The Labute approximate surface area is 284 Å². The second-order valence-electron chi connectivity index (χ2n) is 13.4. The number of amides is 3. The minimum absolute atomic E-state index is 0.0743.